The van der Waals surface area contributed by atoms with E-state index < -0.39 is 0 Å². The van der Waals surface area contributed by atoms with E-state index in [4.69, 9.17) is 28.0 Å². The lowest BCUT2D eigenvalue weighted by atomic mass is 9.84. The Morgan fingerprint density at radius 3 is 2.73 bits per heavy atom. The Kier molecular flexibility index (Phi) is 4.18. The van der Waals surface area contributed by atoms with E-state index in [1.54, 1.807) is 6.26 Å². The van der Waals surface area contributed by atoms with Gasteiger partial charge >= 0.3 is 0 Å². The second-order valence-electron chi connectivity index (χ2n) is 4.28. The summed E-state index contributed by atoms with van der Waals surface area (Å²) >= 11 is 11.9. The van der Waals surface area contributed by atoms with E-state index in [9.17, 15) is 0 Å². The van der Waals surface area contributed by atoms with Crippen LogP contribution in [0.25, 0.3) is 0 Å². The first-order valence-corrected chi connectivity index (χ1v) is 6.59. The fraction of sp³-hybridized carbons (Fsp3) is 0.818. The van der Waals surface area contributed by atoms with Crippen LogP contribution in [-0.4, -0.2) is 23.5 Å². The van der Waals surface area contributed by atoms with Crippen molar-refractivity contribution in [3.63, 3.8) is 0 Å². The maximum atomic E-state index is 6.19. The third-order valence-electron chi connectivity index (χ3n) is 3.29. The van der Waals surface area contributed by atoms with Crippen LogP contribution in [0, 0.1) is 5.92 Å². The van der Waals surface area contributed by atoms with Gasteiger partial charge in [-0.05, 0) is 18.8 Å². The molecule has 0 bridgehead atoms. The van der Waals surface area contributed by atoms with Crippen molar-refractivity contribution in [1.82, 2.24) is 5.06 Å². The third kappa shape index (κ3) is 2.61. The quantitative estimate of drug-likeness (QED) is 0.711. The topological polar surface area (TPSA) is 12.5 Å². The van der Waals surface area contributed by atoms with Gasteiger partial charge < -0.3 is 4.84 Å². The summed E-state index contributed by atoms with van der Waals surface area (Å²) in [4.78, 5) is 5.43. The Morgan fingerprint density at radius 1 is 1.33 bits per heavy atom. The molecule has 0 radical (unpaired) electrons. The smallest absolute Gasteiger partial charge is 0.127 e. The largest absolute Gasteiger partial charge is 0.412 e. The zero-order valence-electron chi connectivity index (χ0n) is 8.79. The van der Waals surface area contributed by atoms with Crippen molar-refractivity contribution >= 4 is 23.2 Å². The molecule has 0 aromatic carbocycles. The Labute approximate surface area is 101 Å². The van der Waals surface area contributed by atoms with Crippen LogP contribution in [0.2, 0.25) is 0 Å². The molecular formula is C11H17Cl2NO. The second-order valence-corrected chi connectivity index (χ2v) is 5.10. The third-order valence-corrected chi connectivity index (χ3v) is 3.78. The lowest BCUT2D eigenvalue weighted by Gasteiger charge is -2.32. The summed E-state index contributed by atoms with van der Waals surface area (Å²) in [5.74, 6) is 1.23. The second kappa shape index (κ2) is 5.42. The fourth-order valence-corrected chi connectivity index (χ4v) is 3.07. The van der Waals surface area contributed by atoms with Crippen LogP contribution in [-0.2, 0) is 4.84 Å². The van der Waals surface area contributed by atoms with E-state index in [-0.39, 0.29) is 6.04 Å². The molecule has 2 rings (SSSR count). The van der Waals surface area contributed by atoms with Crippen molar-refractivity contribution < 1.29 is 4.84 Å². The normalized spacial score (nSPS) is 28.9. The van der Waals surface area contributed by atoms with Gasteiger partial charge in [-0.3, -0.25) is 0 Å². The summed E-state index contributed by atoms with van der Waals surface area (Å²) in [6.45, 7) is 0.745. The summed E-state index contributed by atoms with van der Waals surface area (Å²) in [6, 6.07) is 0.255. The standard InChI is InChI=1S/C11H17Cl2NO/c12-6-7-14-11(10(13)8-15-14)9-4-2-1-3-5-9/h8-9,11H,1-7H2. The van der Waals surface area contributed by atoms with Gasteiger partial charge in [0.1, 0.15) is 6.26 Å². The van der Waals surface area contributed by atoms with E-state index in [1.165, 1.54) is 32.1 Å². The SMILES string of the molecule is ClCCN1OC=C(Cl)C1C1CCCCC1. The van der Waals surface area contributed by atoms with Crippen LogP contribution < -0.4 is 0 Å². The lowest BCUT2D eigenvalue weighted by Crippen LogP contribution is -2.38. The molecule has 86 valence electrons. The maximum absolute atomic E-state index is 6.19. The zero-order valence-corrected chi connectivity index (χ0v) is 10.3. The van der Waals surface area contributed by atoms with Gasteiger partial charge in [0.15, 0.2) is 0 Å². The summed E-state index contributed by atoms with van der Waals surface area (Å²) in [5, 5.41) is 2.78. The van der Waals surface area contributed by atoms with Gasteiger partial charge in [0, 0.05) is 12.4 Å². The Bertz CT molecular complexity index is 239. The zero-order chi connectivity index (χ0) is 10.7. The minimum atomic E-state index is 0.255. The number of alkyl halides is 1. The van der Waals surface area contributed by atoms with Crippen molar-refractivity contribution in [2.75, 3.05) is 12.4 Å². The Morgan fingerprint density at radius 2 is 2.07 bits per heavy atom. The number of hydrogen-bond acceptors (Lipinski definition) is 2. The average molecular weight is 250 g/mol. The first kappa shape index (κ1) is 11.6. The molecule has 1 aliphatic carbocycles. The molecule has 0 N–H and O–H groups in total. The first-order valence-electron chi connectivity index (χ1n) is 5.68. The van der Waals surface area contributed by atoms with Gasteiger partial charge in [0.25, 0.3) is 0 Å². The minimum absolute atomic E-state index is 0.255. The molecule has 2 nitrogen and oxygen atoms in total. The van der Waals surface area contributed by atoms with Crippen LogP contribution in [0.5, 0.6) is 0 Å². The van der Waals surface area contributed by atoms with Gasteiger partial charge in [-0.25, -0.2) is 0 Å². The number of halogens is 2. The summed E-state index contributed by atoms with van der Waals surface area (Å²) < 4.78 is 0. The lowest BCUT2D eigenvalue weighted by molar-refractivity contribution is -0.114. The van der Waals surface area contributed by atoms with Crippen LogP contribution in [0.15, 0.2) is 11.3 Å². The molecule has 15 heavy (non-hydrogen) atoms. The maximum Gasteiger partial charge on any atom is 0.127 e. The van der Waals surface area contributed by atoms with Crippen molar-refractivity contribution in [3.05, 3.63) is 11.3 Å². The monoisotopic (exact) mass is 249 g/mol. The highest BCUT2D eigenvalue weighted by Gasteiger charge is 2.35. The van der Waals surface area contributed by atoms with Crippen molar-refractivity contribution in [1.29, 1.82) is 0 Å². The highest BCUT2D eigenvalue weighted by molar-refractivity contribution is 6.30. The molecule has 0 amide bonds. The number of hydrogen-bond donors (Lipinski definition) is 0. The van der Waals surface area contributed by atoms with Crippen molar-refractivity contribution in [2.45, 2.75) is 38.1 Å². The fourth-order valence-electron chi connectivity index (χ4n) is 2.58. The predicted molar refractivity (Wildman–Crippen MR) is 62.8 cm³/mol. The highest BCUT2D eigenvalue weighted by Crippen LogP contribution is 2.36. The molecule has 2 aliphatic rings. The summed E-state index contributed by atoms with van der Waals surface area (Å²) in [5.41, 5.74) is 0. The van der Waals surface area contributed by atoms with Gasteiger partial charge in [-0.15, -0.1) is 16.7 Å². The molecule has 4 heteroatoms. The van der Waals surface area contributed by atoms with Gasteiger partial charge in [-0.1, -0.05) is 30.9 Å². The van der Waals surface area contributed by atoms with Crippen molar-refractivity contribution in [3.8, 4) is 0 Å². The van der Waals surface area contributed by atoms with Crippen LogP contribution in [0.1, 0.15) is 32.1 Å². The van der Waals surface area contributed by atoms with E-state index >= 15 is 0 Å². The number of nitrogens with zero attached hydrogens (tertiary/aromatic N) is 1. The Balaban J connectivity index is 1.99. The molecule has 1 aliphatic heterocycles. The molecular weight excluding hydrogens is 233 g/mol. The molecule has 0 aromatic heterocycles. The van der Waals surface area contributed by atoms with E-state index in [1.807, 2.05) is 5.06 Å². The molecule has 1 unspecified atom stereocenters. The first-order chi connectivity index (χ1) is 7.33. The summed E-state index contributed by atoms with van der Waals surface area (Å²) in [6.07, 6.45) is 8.18. The van der Waals surface area contributed by atoms with Crippen LogP contribution >= 0.6 is 23.2 Å². The predicted octanol–water partition coefficient (Wildman–Crippen LogP) is 3.50. The summed E-state index contributed by atoms with van der Waals surface area (Å²) in [7, 11) is 0. The van der Waals surface area contributed by atoms with E-state index in [2.05, 4.69) is 0 Å². The molecule has 0 saturated heterocycles. The van der Waals surface area contributed by atoms with E-state index in [0.717, 1.165) is 11.6 Å². The van der Waals surface area contributed by atoms with Gasteiger partial charge in [-0.2, -0.15) is 0 Å². The molecule has 1 fully saturated rings. The number of rotatable bonds is 3. The number of hydroxylamine groups is 2. The van der Waals surface area contributed by atoms with Crippen LogP contribution in [0.3, 0.4) is 0 Å². The molecule has 1 atom stereocenters. The highest BCUT2D eigenvalue weighted by atomic mass is 35.5. The molecule has 1 heterocycles. The molecule has 1 saturated carbocycles. The van der Waals surface area contributed by atoms with Crippen LogP contribution in [0.4, 0.5) is 0 Å². The van der Waals surface area contributed by atoms with Crippen molar-refractivity contribution in [2.24, 2.45) is 5.92 Å². The van der Waals surface area contributed by atoms with Gasteiger partial charge in [0.2, 0.25) is 0 Å². The average Bonchev–Trinajstić information content (AvgIpc) is 2.62. The Hall–Kier alpha value is 0.0800. The van der Waals surface area contributed by atoms with E-state index in [0.29, 0.717) is 11.8 Å². The molecule has 0 aromatic rings. The van der Waals surface area contributed by atoms with Gasteiger partial charge in [0.05, 0.1) is 11.1 Å². The minimum Gasteiger partial charge on any atom is -0.412 e. The molecule has 0 spiro atoms.